The zero-order valence-corrected chi connectivity index (χ0v) is 14.8. The van der Waals surface area contributed by atoms with Crippen molar-refractivity contribution in [3.63, 3.8) is 0 Å². The molecule has 0 aliphatic heterocycles. The first-order chi connectivity index (χ1) is 11.9. The van der Waals surface area contributed by atoms with Gasteiger partial charge in [-0.25, -0.2) is 0 Å². The highest BCUT2D eigenvalue weighted by molar-refractivity contribution is 5.95. The number of aryl methyl sites for hydroxylation is 1. The largest absolute Gasteiger partial charge is 0.416 e. The van der Waals surface area contributed by atoms with E-state index in [4.69, 9.17) is 0 Å². The Bertz CT molecular complexity index is 770. The van der Waals surface area contributed by atoms with E-state index in [1.165, 1.54) is 24.1 Å². The number of anilines is 1. The SMILES string of the molecule is CNC(C(=O)Nc1cc(C(F)(F)F)cc(C(F)(F)F)c1)c1cnn(C)c1.Cl. The predicted octanol–water partition coefficient (Wildman–Crippen LogP) is 3.78. The van der Waals surface area contributed by atoms with Crippen molar-refractivity contribution < 1.29 is 31.1 Å². The Balaban J connectivity index is 0.00000364. The molecule has 2 rings (SSSR count). The molecule has 1 aromatic carbocycles. The normalized spacial score (nSPS) is 13.0. The third-order valence-corrected chi connectivity index (χ3v) is 3.46. The van der Waals surface area contributed by atoms with Crippen LogP contribution in [0.1, 0.15) is 22.7 Å². The van der Waals surface area contributed by atoms with E-state index >= 15 is 0 Å². The molecule has 2 N–H and O–H groups in total. The highest BCUT2D eigenvalue weighted by Crippen LogP contribution is 2.37. The number of hydrogen-bond donors (Lipinski definition) is 2. The van der Waals surface area contributed by atoms with Crippen LogP contribution in [0.4, 0.5) is 32.0 Å². The quantitative estimate of drug-likeness (QED) is 0.746. The number of alkyl halides is 6. The van der Waals surface area contributed by atoms with Crippen molar-refractivity contribution in [2.24, 2.45) is 7.05 Å². The summed E-state index contributed by atoms with van der Waals surface area (Å²) < 4.78 is 78.6. The Labute approximate surface area is 156 Å². The van der Waals surface area contributed by atoms with E-state index in [1.54, 1.807) is 7.05 Å². The standard InChI is InChI=1S/C15H14F6N4O.ClH/c1-22-12(8-6-23-25(2)7-8)13(26)24-11-4-9(14(16,17)18)3-10(5-11)15(19,20)21;/h3-7,12,22H,1-2H3,(H,24,26);1H. The van der Waals surface area contributed by atoms with Gasteiger partial charge in [0.1, 0.15) is 6.04 Å². The molecule has 2 aromatic rings. The first-order valence-electron chi connectivity index (χ1n) is 7.18. The van der Waals surface area contributed by atoms with Crippen LogP contribution in [0, 0.1) is 0 Å². The molecule has 0 aliphatic carbocycles. The van der Waals surface area contributed by atoms with Gasteiger partial charge < -0.3 is 10.6 Å². The lowest BCUT2D eigenvalue weighted by atomic mass is 10.1. The van der Waals surface area contributed by atoms with Gasteiger partial charge in [0.25, 0.3) is 0 Å². The number of rotatable bonds is 4. The summed E-state index contributed by atoms with van der Waals surface area (Å²) in [6.45, 7) is 0. The number of likely N-dealkylation sites (N-methyl/N-ethyl adjacent to an activating group) is 1. The number of nitrogens with one attached hydrogen (secondary N) is 2. The van der Waals surface area contributed by atoms with E-state index in [-0.39, 0.29) is 18.5 Å². The summed E-state index contributed by atoms with van der Waals surface area (Å²) in [5.41, 5.74) is -3.23. The minimum absolute atomic E-state index is 0. The fourth-order valence-electron chi connectivity index (χ4n) is 2.28. The summed E-state index contributed by atoms with van der Waals surface area (Å²) in [6, 6.07) is -0.119. The third-order valence-electron chi connectivity index (χ3n) is 3.46. The second-order valence-corrected chi connectivity index (χ2v) is 5.45. The first kappa shape index (κ1) is 22.8. The van der Waals surface area contributed by atoms with Crippen LogP contribution in [-0.4, -0.2) is 22.7 Å². The monoisotopic (exact) mass is 416 g/mol. The highest BCUT2D eigenvalue weighted by atomic mass is 35.5. The molecule has 0 saturated heterocycles. The zero-order valence-electron chi connectivity index (χ0n) is 13.9. The number of halogens is 7. The number of carbonyl (C=O) groups excluding carboxylic acids is 1. The van der Waals surface area contributed by atoms with Crippen molar-refractivity contribution >= 4 is 24.0 Å². The van der Waals surface area contributed by atoms with Crippen LogP contribution in [0.2, 0.25) is 0 Å². The molecule has 27 heavy (non-hydrogen) atoms. The average molecular weight is 417 g/mol. The Morgan fingerprint density at radius 2 is 1.59 bits per heavy atom. The molecule has 0 fully saturated rings. The smallest absolute Gasteiger partial charge is 0.324 e. The highest BCUT2D eigenvalue weighted by Gasteiger charge is 2.37. The fourth-order valence-corrected chi connectivity index (χ4v) is 2.28. The summed E-state index contributed by atoms with van der Waals surface area (Å²) in [7, 11) is 3.01. The number of aromatic nitrogens is 2. The van der Waals surface area contributed by atoms with Gasteiger partial charge in [0.15, 0.2) is 0 Å². The lowest BCUT2D eigenvalue weighted by molar-refractivity contribution is -0.143. The number of carbonyl (C=O) groups is 1. The lowest BCUT2D eigenvalue weighted by Gasteiger charge is -2.17. The van der Waals surface area contributed by atoms with Gasteiger partial charge in [-0.05, 0) is 25.2 Å². The molecule has 0 spiro atoms. The molecule has 1 amide bonds. The second kappa shape index (κ2) is 8.17. The summed E-state index contributed by atoms with van der Waals surface area (Å²) in [5.74, 6) is -0.826. The van der Waals surface area contributed by atoms with Crippen LogP contribution >= 0.6 is 12.4 Å². The minimum Gasteiger partial charge on any atom is -0.324 e. The number of benzene rings is 1. The maximum atomic E-state index is 12.9. The molecular formula is C15H15ClF6N4O. The number of nitrogens with zero attached hydrogens (tertiary/aromatic N) is 2. The molecule has 1 aromatic heterocycles. The Hall–Kier alpha value is -2.27. The molecule has 1 unspecified atom stereocenters. The summed E-state index contributed by atoms with van der Waals surface area (Å²) >= 11 is 0. The fraction of sp³-hybridized carbons (Fsp3) is 0.333. The van der Waals surface area contributed by atoms with Gasteiger partial charge in [0.2, 0.25) is 5.91 Å². The van der Waals surface area contributed by atoms with Crippen LogP contribution < -0.4 is 10.6 Å². The van der Waals surface area contributed by atoms with E-state index in [2.05, 4.69) is 15.7 Å². The maximum absolute atomic E-state index is 12.9. The number of amides is 1. The van der Waals surface area contributed by atoms with E-state index < -0.39 is 41.1 Å². The summed E-state index contributed by atoms with van der Waals surface area (Å²) in [4.78, 5) is 12.3. The topological polar surface area (TPSA) is 59.0 Å². The minimum atomic E-state index is -4.99. The Kier molecular flexibility index (Phi) is 6.89. The molecule has 12 heteroatoms. The average Bonchev–Trinajstić information content (AvgIpc) is 2.92. The van der Waals surface area contributed by atoms with Gasteiger partial charge in [-0.1, -0.05) is 0 Å². The summed E-state index contributed by atoms with van der Waals surface area (Å²) in [6.07, 6.45) is -7.14. The van der Waals surface area contributed by atoms with Crippen molar-refractivity contribution in [1.82, 2.24) is 15.1 Å². The predicted molar refractivity (Wildman–Crippen MR) is 87.3 cm³/mol. The van der Waals surface area contributed by atoms with Gasteiger partial charge in [0, 0.05) is 24.5 Å². The van der Waals surface area contributed by atoms with Crippen molar-refractivity contribution in [1.29, 1.82) is 0 Å². The second-order valence-electron chi connectivity index (χ2n) is 5.45. The van der Waals surface area contributed by atoms with Crippen LogP contribution in [-0.2, 0) is 24.2 Å². The maximum Gasteiger partial charge on any atom is 0.416 e. The molecule has 0 aliphatic rings. The van der Waals surface area contributed by atoms with Crippen molar-refractivity contribution in [2.45, 2.75) is 18.4 Å². The van der Waals surface area contributed by atoms with Crippen LogP contribution in [0.5, 0.6) is 0 Å². The van der Waals surface area contributed by atoms with Gasteiger partial charge >= 0.3 is 12.4 Å². The van der Waals surface area contributed by atoms with E-state index in [0.29, 0.717) is 17.7 Å². The third kappa shape index (κ3) is 5.60. The molecule has 0 bridgehead atoms. The van der Waals surface area contributed by atoms with Crippen LogP contribution in [0.25, 0.3) is 0 Å². The molecule has 5 nitrogen and oxygen atoms in total. The Morgan fingerprint density at radius 3 is 1.96 bits per heavy atom. The van der Waals surface area contributed by atoms with Crippen molar-refractivity contribution in [3.8, 4) is 0 Å². The van der Waals surface area contributed by atoms with Crippen LogP contribution in [0.15, 0.2) is 30.6 Å². The van der Waals surface area contributed by atoms with Crippen molar-refractivity contribution in [3.05, 3.63) is 47.3 Å². The molecular weight excluding hydrogens is 402 g/mol. The van der Waals surface area contributed by atoms with E-state index in [0.717, 1.165) is 0 Å². The molecule has 0 saturated carbocycles. The number of hydrogen-bond acceptors (Lipinski definition) is 3. The molecule has 150 valence electrons. The molecule has 1 heterocycles. The van der Waals surface area contributed by atoms with Gasteiger partial charge in [-0.15, -0.1) is 12.4 Å². The van der Waals surface area contributed by atoms with Crippen molar-refractivity contribution in [2.75, 3.05) is 12.4 Å². The Morgan fingerprint density at radius 1 is 1.07 bits per heavy atom. The summed E-state index contributed by atoms with van der Waals surface area (Å²) in [5, 5.41) is 8.59. The first-order valence-corrected chi connectivity index (χ1v) is 7.18. The van der Waals surface area contributed by atoms with E-state index in [9.17, 15) is 31.1 Å². The molecule has 1 atom stereocenters. The lowest BCUT2D eigenvalue weighted by Crippen LogP contribution is -2.30. The van der Waals surface area contributed by atoms with E-state index in [1.807, 2.05) is 0 Å². The van der Waals surface area contributed by atoms with Gasteiger partial charge in [-0.3, -0.25) is 9.48 Å². The zero-order chi connectivity index (χ0) is 19.7. The van der Waals surface area contributed by atoms with Gasteiger partial charge in [0.05, 0.1) is 17.3 Å². The van der Waals surface area contributed by atoms with Gasteiger partial charge in [-0.2, -0.15) is 31.4 Å². The van der Waals surface area contributed by atoms with Crippen LogP contribution in [0.3, 0.4) is 0 Å². The molecule has 0 radical (unpaired) electrons.